The molecule has 4 fully saturated rings. The second-order valence-electron chi connectivity index (χ2n) is 9.17. The SMILES string of the molecule is CC(Oc1ccc2ccc(=O)oc2c1)C(=O)NC12CC3CC(CC(O)(C3)C1)C2. The van der Waals surface area contributed by atoms with E-state index < -0.39 is 17.3 Å². The molecule has 2 N–H and O–H groups in total. The third-order valence-corrected chi connectivity index (χ3v) is 6.70. The van der Waals surface area contributed by atoms with Crippen molar-refractivity contribution in [2.75, 3.05) is 0 Å². The van der Waals surface area contributed by atoms with E-state index in [9.17, 15) is 14.7 Å². The van der Waals surface area contributed by atoms with Crippen LogP contribution in [0.4, 0.5) is 0 Å². The first kappa shape index (κ1) is 17.7. The molecule has 1 aromatic carbocycles. The number of carbonyl (C=O) groups is 1. The Morgan fingerprint density at radius 2 is 1.93 bits per heavy atom. The first-order valence-corrected chi connectivity index (χ1v) is 10.1. The van der Waals surface area contributed by atoms with E-state index in [1.165, 1.54) is 12.5 Å². The van der Waals surface area contributed by atoms with Crippen molar-refractivity contribution in [3.8, 4) is 5.75 Å². The fourth-order valence-electron chi connectivity index (χ4n) is 6.10. The molecule has 1 heterocycles. The highest BCUT2D eigenvalue weighted by Gasteiger charge is 2.57. The van der Waals surface area contributed by atoms with E-state index in [-0.39, 0.29) is 11.4 Å². The van der Waals surface area contributed by atoms with Gasteiger partial charge in [0, 0.05) is 23.1 Å². The fraction of sp³-hybridized carbons (Fsp3) is 0.545. The Labute approximate surface area is 162 Å². The summed E-state index contributed by atoms with van der Waals surface area (Å²) in [6, 6.07) is 8.26. The van der Waals surface area contributed by atoms with Crippen molar-refractivity contribution in [2.45, 2.75) is 62.7 Å². The molecule has 148 valence electrons. The number of hydrogen-bond acceptors (Lipinski definition) is 5. The molecule has 1 amide bonds. The molecule has 6 heteroatoms. The Hall–Kier alpha value is -2.34. The maximum atomic E-state index is 12.9. The number of fused-ring (bicyclic) bond motifs is 1. The smallest absolute Gasteiger partial charge is 0.336 e. The lowest BCUT2D eigenvalue weighted by Crippen LogP contribution is -2.66. The molecular weight excluding hydrogens is 358 g/mol. The topological polar surface area (TPSA) is 88.8 Å². The van der Waals surface area contributed by atoms with Crippen LogP contribution in [0.5, 0.6) is 5.75 Å². The molecule has 4 aliphatic rings. The molecule has 6 nitrogen and oxygen atoms in total. The molecule has 4 aliphatic carbocycles. The summed E-state index contributed by atoms with van der Waals surface area (Å²) in [4.78, 5) is 24.3. The van der Waals surface area contributed by atoms with Crippen molar-refractivity contribution < 1.29 is 19.1 Å². The van der Waals surface area contributed by atoms with E-state index in [1.54, 1.807) is 31.2 Å². The number of amides is 1. The lowest BCUT2D eigenvalue weighted by molar-refractivity contribution is -0.153. The standard InChI is InChI=1S/C22H25NO5/c1-13(27-17-4-2-16-3-5-19(24)28-18(16)7-17)20(25)23-21-8-14-6-15(9-21)11-22(26,10-14)12-21/h2-5,7,13-15,26H,6,8-12H2,1H3,(H,23,25). The van der Waals surface area contributed by atoms with E-state index in [2.05, 4.69) is 5.32 Å². The van der Waals surface area contributed by atoms with E-state index in [0.29, 0.717) is 29.6 Å². The Morgan fingerprint density at radius 1 is 1.21 bits per heavy atom. The van der Waals surface area contributed by atoms with Gasteiger partial charge in [-0.3, -0.25) is 4.79 Å². The van der Waals surface area contributed by atoms with Gasteiger partial charge in [-0.05, 0) is 75.5 Å². The summed E-state index contributed by atoms with van der Waals surface area (Å²) < 4.78 is 11.0. The Kier molecular flexibility index (Phi) is 3.85. The van der Waals surface area contributed by atoms with Crippen LogP contribution in [0.25, 0.3) is 11.0 Å². The van der Waals surface area contributed by atoms with Gasteiger partial charge in [-0.15, -0.1) is 0 Å². The molecule has 0 saturated heterocycles. The zero-order chi connectivity index (χ0) is 19.5. The largest absolute Gasteiger partial charge is 0.481 e. The van der Waals surface area contributed by atoms with Gasteiger partial charge in [0.1, 0.15) is 11.3 Å². The summed E-state index contributed by atoms with van der Waals surface area (Å²) in [5.41, 5.74) is -0.905. The molecule has 4 saturated carbocycles. The van der Waals surface area contributed by atoms with Crippen molar-refractivity contribution in [1.82, 2.24) is 5.32 Å². The summed E-state index contributed by atoms with van der Waals surface area (Å²) >= 11 is 0. The van der Waals surface area contributed by atoms with Crippen molar-refractivity contribution in [2.24, 2.45) is 11.8 Å². The van der Waals surface area contributed by atoms with E-state index >= 15 is 0 Å². The predicted octanol–water partition coefficient (Wildman–Crippen LogP) is 2.76. The quantitative estimate of drug-likeness (QED) is 0.793. The number of aliphatic hydroxyl groups is 1. The van der Waals surface area contributed by atoms with E-state index in [4.69, 9.17) is 9.15 Å². The van der Waals surface area contributed by atoms with Crippen LogP contribution >= 0.6 is 0 Å². The minimum Gasteiger partial charge on any atom is -0.481 e. The first-order valence-electron chi connectivity index (χ1n) is 10.1. The molecule has 6 rings (SSSR count). The minimum absolute atomic E-state index is 0.167. The van der Waals surface area contributed by atoms with Gasteiger partial charge in [-0.25, -0.2) is 4.79 Å². The van der Waals surface area contributed by atoms with Crippen molar-refractivity contribution in [1.29, 1.82) is 0 Å². The third-order valence-electron chi connectivity index (χ3n) is 6.70. The lowest BCUT2D eigenvalue weighted by Gasteiger charge is -2.60. The molecule has 3 atom stereocenters. The Bertz CT molecular complexity index is 982. The minimum atomic E-state index is -0.685. The summed E-state index contributed by atoms with van der Waals surface area (Å²) in [6.07, 6.45) is 4.78. The van der Waals surface area contributed by atoms with Crippen LogP contribution in [0.2, 0.25) is 0 Å². The van der Waals surface area contributed by atoms with Crippen molar-refractivity contribution in [3.63, 3.8) is 0 Å². The van der Waals surface area contributed by atoms with E-state index in [0.717, 1.165) is 31.1 Å². The molecule has 4 bridgehead atoms. The van der Waals surface area contributed by atoms with Gasteiger partial charge >= 0.3 is 5.63 Å². The van der Waals surface area contributed by atoms with Crippen LogP contribution in [-0.2, 0) is 4.79 Å². The van der Waals surface area contributed by atoms with E-state index in [1.807, 2.05) is 0 Å². The van der Waals surface area contributed by atoms with Gasteiger partial charge in [0.25, 0.3) is 5.91 Å². The molecular formula is C22H25NO5. The van der Waals surface area contributed by atoms with Crippen LogP contribution in [-0.4, -0.2) is 28.3 Å². The monoisotopic (exact) mass is 383 g/mol. The number of hydrogen-bond donors (Lipinski definition) is 2. The highest BCUT2D eigenvalue weighted by atomic mass is 16.5. The highest BCUT2D eigenvalue weighted by molar-refractivity contribution is 5.82. The van der Waals surface area contributed by atoms with Gasteiger partial charge in [0.2, 0.25) is 0 Å². The third kappa shape index (κ3) is 3.09. The number of ether oxygens (including phenoxy) is 1. The second kappa shape index (κ2) is 6.08. The lowest BCUT2D eigenvalue weighted by atomic mass is 9.51. The van der Waals surface area contributed by atoms with Crippen LogP contribution < -0.4 is 15.7 Å². The normalized spacial score (nSPS) is 34.4. The van der Waals surface area contributed by atoms with Crippen LogP contribution in [0.1, 0.15) is 45.4 Å². The molecule has 2 aromatic rings. The molecule has 28 heavy (non-hydrogen) atoms. The number of benzene rings is 1. The number of carbonyl (C=O) groups excluding carboxylic acids is 1. The zero-order valence-corrected chi connectivity index (χ0v) is 15.9. The highest BCUT2D eigenvalue weighted by Crippen LogP contribution is 2.57. The molecule has 0 aliphatic heterocycles. The maximum Gasteiger partial charge on any atom is 0.336 e. The average molecular weight is 383 g/mol. The van der Waals surface area contributed by atoms with Gasteiger partial charge in [-0.1, -0.05) is 0 Å². The van der Waals surface area contributed by atoms with Gasteiger partial charge in [-0.2, -0.15) is 0 Å². The van der Waals surface area contributed by atoms with Gasteiger partial charge in [0.05, 0.1) is 5.60 Å². The maximum absolute atomic E-state index is 12.9. The van der Waals surface area contributed by atoms with Crippen LogP contribution in [0.15, 0.2) is 39.5 Å². The van der Waals surface area contributed by atoms with Crippen molar-refractivity contribution >= 4 is 16.9 Å². The predicted molar refractivity (Wildman–Crippen MR) is 103 cm³/mol. The van der Waals surface area contributed by atoms with Crippen LogP contribution in [0, 0.1) is 11.8 Å². The summed E-state index contributed by atoms with van der Waals surface area (Å²) in [5, 5.41) is 14.9. The van der Waals surface area contributed by atoms with Crippen molar-refractivity contribution in [3.05, 3.63) is 40.8 Å². The average Bonchev–Trinajstić information content (AvgIpc) is 2.58. The number of nitrogens with one attached hydrogen (secondary N) is 1. The summed E-state index contributed by atoms with van der Waals surface area (Å²) in [6.45, 7) is 1.72. The van der Waals surface area contributed by atoms with Gasteiger partial charge < -0.3 is 19.6 Å². The molecule has 0 radical (unpaired) electrons. The Morgan fingerprint density at radius 3 is 2.64 bits per heavy atom. The summed E-state index contributed by atoms with van der Waals surface area (Å²) in [5.74, 6) is 1.33. The second-order valence-corrected chi connectivity index (χ2v) is 9.17. The number of rotatable bonds is 4. The first-order chi connectivity index (χ1) is 13.3. The fourth-order valence-corrected chi connectivity index (χ4v) is 6.10. The molecule has 1 aromatic heterocycles. The van der Waals surface area contributed by atoms with Crippen LogP contribution in [0.3, 0.4) is 0 Å². The molecule has 0 spiro atoms. The summed E-state index contributed by atoms with van der Waals surface area (Å²) in [7, 11) is 0. The zero-order valence-electron chi connectivity index (χ0n) is 15.9. The molecule has 3 unspecified atom stereocenters. The van der Waals surface area contributed by atoms with Gasteiger partial charge in [0.15, 0.2) is 6.10 Å². The Balaban J connectivity index is 1.30.